The van der Waals surface area contributed by atoms with Crippen molar-refractivity contribution in [2.45, 2.75) is 19.6 Å². The van der Waals surface area contributed by atoms with Crippen molar-refractivity contribution in [2.24, 2.45) is 4.99 Å². The van der Waals surface area contributed by atoms with Crippen LogP contribution in [0.4, 0.5) is 4.39 Å². The van der Waals surface area contributed by atoms with Crippen molar-refractivity contribution >= 4 is 23.4 Å². The Bertz CT molecular complexity index is 1550. The summed E-state index contributed by atoms with van der Waals surface area (Å²) in [5.41, 5.74) is 1.77. The van der Waals surface area contributed by atoms with E-state index in [2.05, 4.69) is 4.99 Å². The van der Waals surface area contributed by atoms with E-state index in [1.165, 1.54) is 34.3 Å². The smallest absolute Gasteiger partial charge is 0.338 e. The van der Waals surface area contributed by atoms with Gasteiger partial charge in [-0.1, -0.05) is 53.8 Å². The van der Waals surface area contributed by atoms with Crippen LogP contribution in [0.5, 0.6) is 0 Å². The number of nitrogens with zero attached hydrogens (tertiary/aromatic N) is 2. The zero-order valence-corrected chi connectivity index (χ0v) is 18.9. The first kappa shape index (κ1) is 21.8. The van der Waals surface area contributed by atoms with Gasteiger partial charge in [0.25, 0.3) is 5.56 Å². The standard InChI is InChI=1S/C26H19FN2O4S/c1-16-22(25(31)33-15-17-6-3-2-4-7-17)23(18-9-11-19(27)12-10-18)29-24(30)21(34-26(29)28-16)14-20-8-5-13-32-20/h2-14,23H,15H2,1H3/b21-14+/t23-/m0/s1. The third kappa shape index (κ3) is 4.15. The van der Waals surface area contributed by atoms with Crippen LogP contribution in [0.1, 0.15) is 29.9 Å². The number of carbonyl (C=O) groups excluding carboxylic acids is 1. The van der Waals surface area contributed by atoms with Crippen LogP contribution in [0.25, 0.3) is 6.08 Å². The first-order valence-electron chi connectivity index (χ1n) is 10.5. The van der Waals surface area contributed by atoms with Crippen LogP contribution >= 0.6 is 11.3 Å². The molecule has 6 nitrogen and oxygen atoms in total. The highest BCUT2D eigenvalue weighted by Crippen LogP contribution is 2.31. The first-order chi connectivity index (χ1) is 16.5. The van der Waals surface area contributed by atoms with Crippen LogP contribution in [0.15, 0.2) is 98.5 Å². The number of fused-ring (bicyclic) bond motifs is 1. The molecule has 1 atom stereocenters. The van der Waals surface area contributed by atoms with Crippen LogP contribution in [-0.2, 0) is 16.1 Å². The molecule has 0 bridgehead atoms. The summed E-state index contributed by atoms with van der Waals surface area (Å²) in [5, 5.41) is 0. The minimum Gasteiger partial charge on any atom is -0.465 e. The van der Waals surface area contributed by atoms with Crippen molar-refractivity contribution in [3.63, 3.8) is 0 Å². The molecule has 4 aromatic rings. The van der Waals surface area contributed by atoms with Crippen molar-refractivity contribution in [3.05, 3.63) is 127 Å². The lowest BCUT2D eigenvalue weighted by molar-refractivity contribution is -0.140. The van der Waals surface area contributed by atoms with E-state index in [9.17, 15) is 14.0 Å². The molecule has 3 heterocycles. The Morgan fingerprint density at radius 3 is 2.62 bits per heavy atom. The highest BCUT2D eigenvalue weighted by molar-refractivity contribution is 7.07. The summed E-state index contributed by atoms with van der Waals surface area (Å²) in [6.45, 7) is 1.79. The van der Waals surface area contributed by atoms with Gasteiger partial charge >= 0.3 is 5.97 Å². The topological polar surface area (TPSA) is 73.8 Å². The molecule has 2 aromatic heterocycles. The van der Waals surface area contributed by atoms with Crippen LogP contribution < -0.4 is 14.9 Å². The van der Waals surface area contributed by atoms with Gasteiger partial charge in [0.2, 0.25) is 0 Å². The van der Waals surface area contributed by atoms with Crippen LogP contribution in [0.3, 0.4) is 0 Å². The molecule has 0 N–H and O–H groups in total. The van der Waals surface area contributed by atoms with E-state index < -0.39 is 17.8 Å². The van der Waals surface area contributed by atoms with E-state index in [0.29, 0.717) is 26.4 Å². The Labute approximate surface area is 197 Å². The Hall–Kier alpha value is -4.04. The summed E-state index contributed by atoms with van der Waals surface area (Å²) >= 11 is 1.20. The van der Waals surface area contributed by atoms with Crippen molar-refractivity contribution < 1.29 is 18.3 Å². The number of halogens is 1. The van der Waals surface area contributed by atoms with Gasteiger partial charge in [-0.15, -0.1) is 0 Å². The quantitative estimate of drug-likeness (QED) is 0.414. The number of esters is 1. The van der Waals surface area contributed by atoms with Gasteiger partial charge in [0.05, 0.1) is 28.1 Å². The van der Waals surface area contributed by atoms with Crippen molar-refractivity contribution in [1.82, 2.24) is 4.57 Å². The molecule has 0 radical (unpaired) electrons. The molecular formula is C26H19FN2O4S. The fourth-order valence-corrected chi connectivity index (χ4v) is 4.87. The molecule has 0 spiro atoms. The Kier molecular flexibility index (Phi) is 5.81. The van der Waals surface area contributed by atoms with Gasteiger partial charge in [0.1, 0.15) is 18.2 Å². The lowest BCUT2D eigenvalue weighted by atomic mass is 9.96. The predicted molar refractivity (Wildman–Crippen MR) is 125 cm³/mol. The Morgan fingerprint density at radius 1 is 1.15 bits per heavy atom. The van der Waals surface area contributed by atoms with Gasteiger partial charge in [-0.2, -0.15) is 0 Å². The molecule has 0 aliphatic carbocycles. The molecule has 2 aromatic carbocycles. The summed E-state index contributed by atoms with van der Waals surface area (Å²) in [6.07, 6.45) is 3.16. The summed E-state index contributed by atoms with van der Waals surface area (Å²) in [7, 11) is 0. The second kappa shape index (κ2) is 9.07. The van der Waals surface area contributed by atoms with E-state index in [-0.39, 0.29) is 17.7 Å². The van der Waals surface area contributed by atoms with E-state index >= 15 is 0 Å². The summed E-state index contributed by atoms with van der Waals surface area (Å²) in [5.74, 6) is -0.468. The predicted octanol–water partition coefficient (Wildman–Crippen LogP) is 3.71. The van der Waals surface area contributed by atoms with Gasteiger partial charge in [-0.25, -0.2) is 14.2 Å². The van der Waals surface area contributed by atoms with Crippen molar-refractivity contribution in [3.8, 4) is 0 Å². The van der Waals surface area contributed by atoms with E-state index in [4.69, 9.17) is 9.15 Å². The zero-order chi connectivity index (χ0) is 23.7. The largest absolute Gasteiger partial charge is 0.465 e. The van der Waals surface area contributed by atoms with E-state index in [0.717, 1.165) is 5.56 Å². The normalized spacial score (nSPS) is 15.7. The number of ether oxygens (including phenoxy) is 1. The fourth-order valence-electron chi connectivity index (χ4n) is 3.85. The third-order valence-electron chi connectivity index (χ3n) is 5.46. The minimum atomic E-state index is -0.807. The minimum absolute atomic E-state index is 0.0789. The van der Waals surface area contributed by atoms with Crippen LogP contribution in [0.2, 0.25) is 0 Å². The molecule has 1 aliphatic rings. The number of aromatic nitrogens is 1. The second-order valence-electron chi connectivity index (χ2n) is 7.71. The average molecular weight is 475 g/mol. The fraction of sp³-hybridized carbons (Fsp3) is 0.115. The maximum atomic E-state index is 13.7. The number of furan rings is 1. The van der Waals surface area contributed by atoms with E-state index in [1.807, 2.05) is 30.3 Å². The van der Waals surface area contributed by atoms with E-state index in [1.54, 1.807) is 37.3 Å². The number of thiazole rings is 1. The molecule has 0 fully saturated rings. The molecule has 1 aliphatic heterocycles. The molecule has 170 valence electrons. The summed E-state index contributed by atoms with van der Waals surface area (Å²) in [4.78, 5) is 31.7. The maximum Gasteiger partial charge on any atom is 0.338 e. The molecule has 34 heavy (non-hydrogen) atoms. The number of hydrogen-bond donors (Lipinski definition) is 0. The average Bonchev–Trinajstić information content (AvgIpc) is 3.46. The zero-order valence-electron chi connectivity index (χ0n) is 18.1. The van der Waals surface area contributed by atoms with Gasteiger partial charge in [-0.05, 0) is 42.3 Å². The number of benzene rings is 2. The summed E-state index contributed by atoms with van der Waals surface area (Å²) < 4.78 is 26.5. The lowest BCUT2D eigenvalue weighted by Gasteiger charge is -2.24. The second-order valence-corrected chi connectivity index (χ2v) is 8.72. The van der Waals surface area contributed by atoms with Crippen molar-refractivity contribution in [2.75, 3.05) is 0 Å². The lowest BCUT2D eigenvalue weighted by Crippen LogP contribution is -2.39. The Morgan fingerprint density at radius 2 is 1.91 bits per heavy atom. The summed E-state index contributed by atoms with van der Waals surface area (Å²) in [6, 6.07) is 17.7. The van der Waals surface area contributed by atoms with Crippen molar-refractivity contribution in [1.29, 1.82) is 0 Å². The number of rotatable bonds is 5. The molecule has 0 saturated heterocycles. The van der Waals surface area contributed by atoms with Gasteiger partial charge < -0.3 is 9.15 Å². The molecule has 0 amide bonds. The monoisotopic (exact) mass is 474 g/mol. The van der Waals surface area contributed by atoms with Gasteiger partial charge in [-0.3, -0.25) is 9.36 Å². The van der Waals surface area contributed by atoms with Gasteiger partial charge in [0.15, 0.2) is 4.80 Å². The number of allylic oxidation sites excluding steroid dienone is 1. The Balaban J connectivity index is 1.61. The SMILES string of the molecule is CC1=C(C(=O)OCc2ccccc2)[C@H](c2ccc(F)cc2)n2c(s/c(=C/c3ccco3)c2=O)=N1. The number of carbonyl (C=O) groups is 1. The van der Waals surface area contributed by atoms with Gasteiger partial charge in [0, 0.05) is 6.08 Å². The first-order valence-corrected chi connectivity index (χ1v) is 11.4. The third-order valence-corrected chi connectivity index (χ3v) is 6.44. The van der Waals surface area contributed by atoms with Crippen LogP contribution in [-0.4, -0.2) is 10.5 Å². The molecular weight excluding hydrogens is 455 g/mol. The highest BCUT2D eigenvalue weighted by atomic mass is 32.1. The molecule has 5 rings (SSSR count). The molecule has 0 saturated carbocycles. The number of hydrogen-bond acceptors (Lipinski definition) is 6. The van der Waals surface area contributed by atoms with Crippen LogP contribution in [0, 0.1) is 5.82 Å². The highest BCUT2D eigenvalue weighted by Gasteiger charge is 2.33. The maximum absolute atomic E-state index is 13.7. The molecule has 0 unspecified atom stereocenters. The molecule has 8 heteroatoms.